The molecule has 0 spiro atoms. The van der Waals surface area contributed by atoms with Gasteiger partial charge < -0.3 is 14.2 Å². The Morgan fingerprint density at radius 2 is 0.697 bits per heavy atom. The van der Waals surface area contributed by atoms with Crippen molar-refractivity contribution in [1.29, 1.82) is 0 Å². The lowest BCUT2D eigenvalue weighted by Gasteiger charge is -2.18. The maximum atomic E-state index is 12.8. The van der Waals surface area contributed by atoms with E-state index in [0.717, 1.165) is 89.9 Å². The first-order valence-electron chi connectivity index (χ1n) is 25.9. The van der Waals surface area contributed by atoms with E-state index in [0.29, 0.717) is 12.8 Å². The van der Waals surface area contributed by atoms with Gasteiger partial charge in [0.15, 0.2) is 6.10 Å². The molecule has 6 heteroatoms. The molecule has 0 fully saturated rings. The molecule has 0 bridgehead atoms. The zero-order chi connectivity index (χ0) is 47.9. The Hall–Kier alpha value is -4.71. The minimum atomic E-state index is -0.833. The molecule has 1 atom stereocenters. The molecule has 0 rings (SSSR count). The van der Waals surface area contributed by atoms with Gasteiger partial charge in [-0.25, -0.2) is 0 Å². The van der Waals surface area contributed by atoms with Gasteiger partial charge in [-0.1, -0.05) is 231 Å². The van der Waals surface area contributed by atoms with E-state index in [1.807, 2.05) is 79.0 Å². The third-order valence-electron chi connectivity index (χ3n) is 10.3. The molecule has 1 unspecified atom stereocenters. The third kappa shape index (κ3) is 50.3. The summed E-state index contributed by atoms with van der Waals surface area (Å²) in [4.78, 5) is 38.0. The first-order chi connectivity index (χ1) is 32.5. The standard InChI is InChI=1S/C60H92O6/c1-4-7-10-13-16-19-22-25-27-29-30-31-33-35-38-41-44-47-50-53-59(62)65-56-57(55-64-58(61)52-49-46-43-40-37-34-24-21-18-15-12-9-6-3)66-60(63)54-51-48-45-42-39-36-32-28-26-23-20-17-14-11-8-5-2/h7-8,10-11,13,16-17,19-20,22,25-31,33-35,37-38,43,46,57H,4-6,9,12,14-15,18,21,23-24,32,36,39-42,44-45,47-56H2,1-3H3/b10-7-,11-8-,16-13-,20-17-,22-19-,27-25-,28-26-,30-29+,33-31-,37-34-,38-35-,46-43-. The molecular formula is C60H92O6. The van der Waals surface area contributed by atoms with Crippen LogP contribution in [-0.4, -0.2) is 37.2 Å². The highest BCUT2D eigenvalue weighted by molar-refractivity contribution is 5.71. The number of carbonyl (C=O) groups is 3. The Kier molecular flexibility index (Phi) is 49.1. The summed E-state index contributed by atoms with van der Waals surface area (Å²) in [6.07, 6.45) is 75.5. The van der Waals surface area contributed by atoms with Crippen LogP contribution in [0.25, 0.3) is 0 Å². The van der Waals surface area contributed by atoms with Crippen LogP contribution in [0.3, 0.4) is 0 Å². The second-order valence-corrected chi connectivity index (χ2v) is 16.5. The number of hydrogen-bond acceptors (Lipinski definition) is 6. The zero-order valence-corrected chi connectivity index (χ0v) is 41.9. The van der Waals surface area contributed by atoms with Gasteiger partial charge in [0, 0.05) is 19.3 Å². The molecular weight excluding hydrogens is 817 g/mol. The van der Waals surface area contributed by atoms with Gasteiger partial charge in [-0.05, 0) is 89.9 Å². The van der Waals surface area contributed by atoms with Crippen molar-refractivity contribution < 1.29 is 28.6 Å². The molecule has 6 nitrogen and oxygen atoms in total. The van der Waals surface area contributed by atoms with E-state index in [-0.39, 0.29) is 50.4 Å². The van der Waals surface area contributed by atoms with Crippen LogP contribution in [0.15, 0.2) is 146 Å². The van der Waals surface area contributed by atoms with E-state index in [9.17, 15) is 14.4 Å². The van der Waals surface area contributed by atoms with Gasteiger partial charge in [-0.2, -0.15) is 0 Å². The van der Waals surface area contributed by atoms with Crippen molar-refractivity contribution in [3.63, 3.8) is 0 Å². The number of hydrogen-bond donors (Lipinski definition) is 0. The molecule has 66 heavy (non-hydrogen) atoms. The Bertz CT molecular complexity index is 1510. The molecule has 0 radical (unpaired) electrons. The van der Waals surface area contributed by atoms with Crippen molar-refractivity contribution in [2.24, 2.45) is 0 Å². The van der Waals surface area contributed by atoms with Gasteiger partial charge in [-0.3, -0.25) is 14.4 Å². The van der Waals surface area contributed by atoms with E-state index < -0.39 is 6.10 Å². The average Bonchev–Trinajstić information content (AvgIpc) is 3.31. The summed E-state index contributed by atoms with van der Waals surface area (Å²) in [6, 6.07) is 0. The molecule has 0 aromatic heterocycles. The van der Waals surface area contributed by atoms with Crippen LogP contribution in [-0.2, 0) is 28.6 Å². The Morgan fingerprint density at radius 3 is 1.21 bits per heavy atom. The van der Waals surface area contributed by atoms with E-state index in [1.165, 1.54) is 51.4 Å². The highest BCUT2D eigenvalue weighted by atomic mass is 16.6. The smallest absolute Gasteiger partial charge is 0.306 e. The number of rotatable bonds is 44. The molecule has 0 aliphatic heterocycles. The van der Waals surface area contributed by atoms with Gasteiger partial charge in [0.25, 0.3) is 0 Å². The highest BCUT2D eigenvalue weighted by Crippen LogP contribution is 2.12. The second kappa shape index (κ2) is 52.9. The van der Waals surface area contributed by atoms with Gasteiger partial charge in [-0.15, -0.1) is 0 Å². The molecule has 0 heterocycles. The maximum Gasteiger partial charge on any atom is 0.306 e. The fraction of sp³-hybridized carbons (Fsp3) is 0.550. The Labute approximate surface area is 404 Å². The third-order valence-corrected chi connectivity index (χ3v) is 10.3. The lowest BCUT2D eigenvalue weighted by Crippen LogP contribution is -2.30. The minimum absolute atomic E-state index is 0.131. The van der Waals surface area contributed by atoms with Crippen molar-refractivity contribution in [3.05, 3.63) is 146 Å². The molecule has 0 aliphatic rings. The minimum Gasteiger partial charge on any atom is -0.462 e. The molecule has 0 aromatic rings. The van der Waals surface area contributed by atoms with Crippen LogP contribution in [0.4, 0.5) is 0 Å². The second-order valence-electron chi connectivity index (χ2n) is 16.5. The summed E-state index contributed by atoms with van der Waals surface area (Å²) in [5.41, 5.74) is 0. The van der Waals surface area contributed by atoms with Crippen molar-refractivity contribution in [2.75, 3.05) is 13.2 Å². The van der Waals surface area contributed by atoms with E-state index in [1.54, 1.807) is 0 Å². The van der Waals surface area contributed by atoms with Crippen LogP contribution < -0.4 is 0 Å². The number of unbranched alkanes of at least 4 members (excludes halogenated alkanes) is 15. The summed E-state index contributed by atoms with van der Waals surface area (Å²) in [7, 11) is 0. The predicted molar refractivity (Wildman–Crippen MR) is 283 cm³/mol. The van der Waals surface area contributed by atoms with Crippen molar-refractivity contribution >= 4 is 17.9 Å². The quantitative estimate of drug-likeness (QED) is 0.0199. The Balaban J connectivity index is 4.60. The first kappa shape index (κ1) is 61.3. The number of esters is 3. The predicted octanol–water partition coefficient (Wildman–Crippen LogP) is 17.3. The monoisotopic (exact) mass is 909 g/mol. The summed E-state index contributed by atoms with van der Waals surface area (Å²) in [5, 5.41) is 0. The normalized spacial score (nSPS) is 13.3. The van der Waals surface area contributed by atoms with Gasteiger partial charge in [0.1, 0.15) is 13.2 Å². The lowest BCUT2D eigenvalue weighted by molar-refractivity contribution is -0.166. The maximum absolute atomic E-state index is 12.8. The molecule has 0 aromatic carbocycles. The molecule has 0 N–H and O–H groups in total. The van der Waals surface area contributed by atoms with Crippen LogP contribution >= 0.6 is 0 Å². The molecule has 0 amide bonds. The lowest BCUT2D eigenvalue weighted by atomic mass is 10.1. The molecule has 0 aliphatic carbocycles. The highest BCUT2D eigenvalue weighted by Gasteiger charge is 2.19. The number of ether oxygens (including phenoxy) is 3. The van der Waals surface area contributed by atoms with Crippen molar-refractivity contribution in [1.82, 2.24) is 0 Å². The summed E-state index contributed by atoms with van der Waals surface area (Å²) in [6.45, 7) is 6.24. The molecule has 368 valence electrons. The summed E-state index contributed by atoms with van der Waals surface area (Å²) >= 11 is 0. The van der Waals surface area contributed by atoms with Crippen LogP contribution in [0, 0.1) is 0 Å². The SMILES string of the molecule is CC\C=C/C=C\C=C/C=C\C=C\C=C/C=C\CCCCCC(=O)OCC(COC(=O)CC/C=C\C/C=C\CCCCCCCC)OC(=O)CCCCCCCC/C=C\C/C=C\C/C=C\CC. The van der Waals surface area contributed by atoms with Crippen LogP contribution in [0.5, 0.6) is 0 Å². The number of allylic oxidation sites excluding steroid dienone is 24. The molecule has 0 saturated heterocycles. The van der Waals surface area contributed by atoms with E-state index in [4.69, 9.17) is 14.2 Å². The Morgan fingerprint density at radius 1 is 0.333 bits per heavy atom. The van der Waals surface area contributed by atoms with Crippen LogP contribution in [0.2, 0.25) is 0 Å². The van der Waals surface area contributed by atoms with E-state index in [2.05, 4.69) is 87.6 Å². The average molecular weight is 909 g/mol. The summed E-state index contributed by atoms with van der Waals surface area (Å²) < 4.78 is 16.7. The fourth-order valence-electron chi connectivity index (χ4n) is 6.43. The van der Waals surface area contributed by atoms with Gasteiger partial charge in [0.05, 0.1) is 0 Å². The largest absolute Gasteiger partial charge is 0.462 e. The van der Waals surface area contributed by atoms with Crippen molar-refractivity contribution in [2.45, 2.75) is 200 Å². The van der Waals surface area contributed by atoms with Crippen molar-refractivity contribution in [3.8, 4) is 0 Å². The fourth-order valence-corrected chi connectivity index (χ4v) is 6.43. The number of carbonyl (C=O) groups excluding carboxylic acids is 3. The topological polar surface area (TPSA) is 78.9 Å². The molecule has 0 saturated carbocycles. The van der Waals surface area contributed by atoms with Gasteiger partial charge in [0.2, 0.25) is 0 Å². The zero-order valence-electron chi connectivity index (χ0n) is 41.9. The summed E-state index contributed by atoms with van der Waals surface area (Å²) in [5.74, 6) is -1.07. The van der Waals surface area contributed by atoms with E-state index >= 15 is 0 Å². The first-order valence-corrected chi connectivity index (χ1v) is 25.9. The van der Waals surface area contributed by atoms with Gasteiger partial charge >= 0.3 is 17.9 Å². The van der Waals surface area contributed by atoms with Crippen LogP contribution in [0.1, 0.15) is 194 Å².